The van der Waals surface area contributed by atoms with E-state index in [1.54, 1.807) is 12.1 Å². The predicted molar refractivity (Wildman–Crippen MR) is 74.9 cm³/mol. The molecule has 0 aliphatic carbocycles. The SMILES string of the molecule is C[S+](C)CCC1NC(=O)N(c2ccccc2)C1=O.[I-]. The molecule has 1 aliphatic heterocycles. The molecule has 1 fully saturated rings. The molecule has 1 unspecified atom stereocenters. The van der Waals surface area contributed by atoms with Gasteiger partial charge in [0.2, 0.25) is 0 Å². The van der Waals surface area contributed by atoms with Crippen LogP contribution in [0.5, 0.6) is 0 Å². The summed E-state index contributed by atoms with van der Waals surface area (Å²) in [6, 6.07) is 8.35. The van der Waals surface area contributed by atoms with Gasteiger partial charge in [-0.05, 0) is 23.0 Å². The summed E-state index contributed by atoms with van der Waals surface area (Å²) in [6.07, 6.45) is 4.98. The lowest BCUT2D eigenvalue weighted by Crippen LogP contribution is -3.00. The fraction of sp³-hybridized carbons (Fsp3) is 0.385. The molecular formula is C13H17IN2O2S. The summed E-state index contributed by atoms with van der Waals surface area (Å²) in [5.74, 6) is 0.816. The normalized spacial score (nSPS) is 18.5. The topological polar surface area (TPSA) is 49.4 Å². The largest absolute Gasteiger partial charge is 1.00 e. The monoisotopic (exact) mass is 392 g/mol. The molecule has 1 aromatic rings. The van der Waals surface area contributed by atoms with Crippen molar-refractivity contribution in [2.45, 2.75) is 12.5 Å². The Labute approximate surface area is 133 Å². The number of benzene rings is 1. The molecule has 1 atom stereocenters. The van der Waals surface area contributed by atoms with Gasteiger partial charge in [0.25, 0.3) is 5.91 Å². The molecule has 1 heterocycles. The van der Waals surface area contributed by atoms with Crippen LogP contribution in [0.2, 0.25) is 0 Å². The maximum Gasteiger partial charge on any atom is 0.329 e. The van der Waals surface area contributed by atoms with Crippen molar-refractivity contribution >= 4 is 28.5 Å². The number of amides is 3. The van der Waals surface area contributed by atoms with Crippen LogP contribution in [-0.2, 0) is 15.7 Å². The maximum atomic E-state index is 12.2. The first-order valence-corrected chi connectivity index (χ1v) is 8.04. The zero-order chi connectivity index (χ0) is 13.1. The number of rotatable bonds is 4. The Bertz CT molecular complexity index is 453. The van der Waals surface area contributed by atoms with E-state index in [4.69, 9.17) is 0 Å². The van der Waals surface area contributed by atoms with Gasteiger partial charge in [0.05, 0.1) is 18.2 Å². The van der Waals surface area contributed by atoms with Crippen molar-refractivity contribution in [2.24, 2.45) is 0 Å². The van der Waals surface area contributed by atoms with Crippen molar-refractivity contribution in [2.75, 3.05) is 23.2 Å². The van der Waals surface area contributed by atoms with Gasteiger partial charge in [-0.15, -0.1) is 0 Å². The van der Waals surface area contributed by atoms with Crippen LogP contribution in [0.25, 0.3) is 0 Å². The summed E-state index contributed by atoms with van der Waals surface area (Å²) in [4.78, 5) is 25.2. The third-order valence-electron chi connectivity index (χ3n) is 2.85. The summed E-state index contributed by atoms with van der Waals surface area (Å²) >= 11 is 0. The van der Waals surface area contributed by atoms with E-state index in [0.717, 1.165) is 5.75 Å². The van der Waals surface area contributed by atoms with Crippen LogP contribution in [0.15, 0.2) is 30.3 Å². The van der Waals surface area contributed by atoms with Crippen molar-refractivity contribution in [3.63, 3.8) is 0 Å². The smallest absolute Gasteiger partial charge is 0.329 e. The number of para-hydroxylation sites is 1. The fourth-order valence-corrected chi connectivity index (χ4v) is 2.61. The molecule has 1 N–H and O–H groups in total. The number of halogens is 1. The first kappa shape index (κ1) is 16.3. The lowest BCUT2D eigenvalue weighted by atomic mass is 10.2. The predicted octanol–water partition coefficient (Wildman–Crippen LogP) is -1.62. The molecule has 1 aliphatic rings. The average Bonchev–Trinajstić information content (AvgIpc) is 2.63. The van der Waals surface area contributed by atoms with Crippen LogP contribution in [0.3, 0.4) is 0 Å². The third-order valence-corrected chi connectivity index (χ3v) is 3.90. The number of nitrogens with zero attached hydrogens (tertiary/aromatic N) is 1. The Morgan fingerprint density at radius 3 is 2.42 bits per heavy atom. The molecule has 1 saturated heterocycles. The van der Waals surface area contributed by atoms with Gasteiger partial charge in [0.1, 0.15) is 11.8 Å². The second-order valence-corrected chi connectivity index (χ2v) is 6.87. The quantitative estimate of drug-likeness (QED) is 0.381. The number of imide groups is 1. The molecule has 0 radical (unpaired) electrons. The number of hydrogen-bond acceptors (Lipinski definition) is 2. The highest BCUT2D eigenvalue weighted by Gasteiger charge is 2.39. The molecule has 0 spiro atoms. The van der Waals surface area contributed by atoms with E-state index < -0.39 is 0 Å². The van der Waals surface area contributed by atoms with E-state index in [0.29, 0.717) is 12.1 Å². The van der Waals surface area contributed by atoms with Crippen molar-refractivity contribution < 1.29 is 33.6 Å². The molecular weight excluding hydrogens is 375 g/mol. The van der Waals surface area contributed by atoms with E-state index in [-0.39, 0.29) is 52.9 Å². The van der Waals surface area contributed by atoms with Gasteiger partial charge in [-0.2, -0.15) is 0 Å². The number of carbonyl (C=O) groups is 2. The number of anilines is 1. The van der Waals surface area contributed by atoms with Gasteiger partial charge >= 0.3 is 6.03 Å². The fourth-order valence-electron chi connectivity index (χ4n) is 1.90. The van der Waals surface area contributed by atoms with Crippen molar-refractivity contribution in [1.29, 1.82) is 0 Å². The molecule has 4 nitrogen and oxygen atoms in total. The molecule has 3 amide bonds. The molecule has 0 aromatic heterocycles. The number of urea groups is 1. The summed E-state index contributed by atoms with van der Waals surface area (Å²) in [6.45, 7) is 0. The lowest BCUT2D eigenvalue weighted by Gasteiger charge is -2.12. The molecule has 0 saturated carbocycles. The second kappa shape index (κ2) is 7.14. The summed E-state index contributed by atoms with van der Waals surface area (Å²) in [5, 5.41) is 2.75. The number of nitrogens with one attached hydrogen (secondary N) is 1. The Balaban J connectivity index is 0.00000180. The van der Waals surface area contributed by atoms with E-state index in [2.05, 4.69) is 17.8 Å². The van der Waals surface area contributed by atoms with Gasteiger partial charge < -0.3 is 29.3 Å². The first-order valence-electron chi connectivity index (χ1n) is 5.83. The van der Waals surface area contributed by atoms with Crippen molar-refractivity contribution in [3.05, 3.63) is 30.3 Å². The first-order chi connectivity index (χ1) is 8.59. The molecule has 104 valence electrons. The van der Waals surface area contributed by atoms with E-state index in [1.807, 2.05) is 18.2 Å². The maximum absolute atomic E-state index is 12.2. The highest BCUT2D eigenvalue weighted by Crippen LogP contribution is 2.20. The van der Waals surface area contributed by atoms with Crippen LogP contribution in [0.1, 0.15) is 6.42 Å². The minimum absolute atomic E-state index is 0. The van der Waals surface area contributed by atoms with Gasteiger partial charge in [-0.25, -0.2) is 9.69 Å². The molecule has 19 heavy (non-hydrogen) atoms. The Kier molecular flexibility index (Phi) is 6.12. The van der Waals surface area contributed by atoms with Crippen molar-refractivity contribution in [3.8, 4) is 0 Å². The minimum Gasteiger partial charge on any atom is -1.00 e. The summed E-state index contributed by atoms with van der Waals surface area (Å²) in [5.41, 5.74) is 0.634. The lowest BCUT2D eigenvalue weighted by molar-refractivity contribution is -0.118. The minimum atomic E-state index is -0.368. The van der Waals surface area contributed by atoms with Crippen LogP contribution in [0.4, 0.5) is 10.5 Å². The third kappa shape index (κ3) is 3.85. The van der Waals surface area contributed by atoms with Crippen molar-refractivity contribution in [1.82, 2.24) is 5.32 Å². The molecule has 6 heteroatoms. The molecule has 2 rings (SSSR count). The van der Waals surface area contributed by atoms with Gasteiger partial charge in [0, 0.05) is 6.42 Å². The molecule has 1 aromatic carbocycles. The van der Waals surface area contributed by atoms with Crippen LogP contribution < -0.4 is 34.2 Å². The van der Waals surface area contributed by atoms with Gasteiger partial charge in [-0.1, -0.05) is 18.2 Å². The Morgan fingerprint density at radius 1 is 1.21 bits per heavy atom. The highest BCUT2D eigenvalue weighted by molar-refractivity contribution is 7.95. The van der Waals surface area contributed by atoms with Crippen LogP contribution in [-0.4, -0.2) is 36.2 Å². The van der Waals surface area contributed by atoms with Gasteiger partial charge in [-0.3, -0.25) is 4.79 Å². The number of hydrogen-bond donors (Lipinski definition) is 1. The Morgan fingerprint density at radius 2 is 1.84 bits per heavy atom. The second-order valence-electron chi connectivity index (χ2n) is 4.49. The Hall–Kier alpha value is -0.760. The van der Waals surface area contributed by atoms with E-state index in [1.165, 1.54) is 4.90 Å². The van der Waals surface area contributed by atoms with Crippen LogP contribution in [0, 0.1) is 0 Å². The number of carbonyl (C=O) groups excluding carboxylic acids is 2. The van der Waals surface area contributed by atoms with E-state index in [9.17, 15) is 9.59 Å². The zero-order valence-corrected chi connectivity index (χ0v) is 13.9. The highest BCUT2D eigenvalue weighted by atomic mass is 127. The summed E-state index contributed by atoms with van der Waals surface area (Å²) in [7, 11) is 0.284. The van der Waals surface area contributed by atoms with Crippen LogP contribution >= 0.6 is 0 Å². The zero-order valence-electron chi connectivity index (χ0n) is 10.9. The average molecular weight is 392 g/mol. The molecule has 0 bridgehead atoms. The summed E-state index contributed by atoms with van der Waals surface area (Å²) < 4.78 is 0. The standard InChI is InChI=1S/C13H16N2O2S.HI/c1-18(2)9-8-11-12(16)15(13(17)14-11)10-6-4-3-5-7-10;/h3-7,11H,8-9H2,1-2H3;1H. The van der Waals surface area contributed by atoms with E-state index >= 15 is 0 Å². The van der Waals surface area contributed by atoms with Gasteiger partial charge in [0.15, 0.2) is 0 Å².